The summed E-state index contributed by atoms with van der Waals surface area (Å²) in [7, 11) is 1.74. The zero-order chi connectivity index (χ0) is 23.3. The minimum absolute atomic E-state index is 0.0640. The van der Waals surface area contributed by atoms with Crippen molar-refractivity contribution in [3.05, 3.63) is 23.5 Å². The predicted molar refractivity (Wildman–Crippen MR) is 117 cm³/mol. The summed E-state index contributed by atoms with van der Waals surface area (Å²) in [5, 5.41) is 17.5. The molecule has 2 atom stereocenters. The number of aliphatic carboxylic acids is 1. The van der Waals surface area contributed by atoms with Crippen LogP contribution < -0.4 is 4.74 Å². The summed E-state index contributed by atoms with van der Waals surface area (Å²) in [6.07, 6.45) is 3.61. The van der Waals surface area contributed by atoms with Gasteiger partial charge in [-0.25, -0.2) is 4.98 Å². The van der Waals surface area contributed by atoms with Crippen molar-refractivity contribution in [1.82, 2.24) is 20.0 Å². The van der Waals surface area contributed by atoms with E-state index in [1.807, 2.05) is 13.0 Å². The highest BCUT2D eigenvalue weighted by atomic mass is 16.5. The van der Waals surface area contributed by atoms with Crippen LogP contribution in [0.25, 0.3) is 11.4 Å². The Morgan fingerprint density at radius 3 is 2.75 bits per heavy atom. The van der Waals surface area contributed by atoms with Crippen LogP contribution in [0.3, 0.4) is 0 Å². The Morgan fingerprint density at radius 1 is 1.28 bits per heavy atom. The van der Waals surface area contributed by atoms with Crippen LogP contribution in [0.5, 0.6) is 5.75 Å². The van der Waals surface area contributed by atoms with Gasteiger partial charge in [0, 0.05) is 7.05 Å². The van der Waals surface area contributed by atoms with Crippen molar-refractivity contribution in [3.8, 4) is 17.1 Å². The van der Waals surface area contributed by atoms with E-state index in [0.717, 1.165) is 19.3 Å². The monoisotopic (exact) mass is 444 g/mol. The van der Waals surface area contributed by atoms with E-state index in [4.69, 9.17) is 9.47 Å². The largest absolute Gasteiger partial charge is 0.489 e. The first-order chi connectivity index (χ1) is 15.2. The fourth-order valence-electron chi connectivity index (χ4n) is 3.83. The van der Waals surface area contributed by atoms with Crippen LogP contribution in [-0.4, -0.2) is 49.7 Å². The highest BCUT2D eigenvalue weighted by Crippen LogP contribution is 2.30. The summed E-state index contributed by atoms with van der Waals surface area (Å²) in [6, 6.07) is 3.61. The van der Waals surface area contributed by atoms with Gasteiger partial charge in [0.2, 0.25) is 0 Å². The first-order valence-electron chi connectivity index (χ1n) is 11.2. The molecule has 9 nitrogen and oxygen atoms in total. The second kappa shape index (κ2) is 10.6. The molecular formula is C23H32N4O5. The fraction of sp³-hybridized carbons (Fsp3) is 0.609. The Kier molecular flexibility index (Phi) is 7.82. The molecule has 1 saturated carbocycles. The first kappa shape index (κ1) is 23.7. The maximum absolute atomic E-state index is 12.3. The Morgan fingerprint density at radius 2 is 2.06 bits per heavy atom. The normalized spacial score (nSPS) is 18.5. The summed E-state index contributed by atoms with van der Waals surface area (Å²) in [5.41, 5.74) is 2.44. The molecule has 2 aromatic heterocycles. The number of ether oxygens (including phenoxy) is 2. The lowest BCUT2D eigenvalue weighted by atomic mass is 9.87. The molecule has 0 aliphatic heterocycles. The number of nitrogens with zero attached hydrogens (tertiary/aromatic N) is 4. The zero-order valence-electron chi connectivity index (χ0n) is 19.2. The van der Waals surface area contributed by atoms with Gasteiger partial charge in [0.1, 0.15) is 11.4 Å². The van der Waals surface area contributed by atoms with E-state index >= 15 is 0 Å². The molecule has 1 fully saturated rings. The Hall–Kier alpha value is -2.97. The van der Waals surface area contributed by atoms with Crippen molar-refractivity contribution >= 4 is 11.9 Å². The first-order valence-corrected chi connectivity index (χ1v) is 11.2. The third kappa shape index (κ3) is 6.05. The van der Waals surface area contributed by atoms with E-state index in [1.54, 1.807) is 17.8 Å². The quantitative estimate of drug-likeness (QED) is 0.585. The number of carboxylic acid groups (broad SMARTS) is 1. The Bertz CT molecular complexity index is 956. The predicted octanol–water partition coefficient (Wildman–Crippen LogP) is 3.34. The highest BCUT2D eigenvalue weighted by molar-refractivity contribution is 5.75. The van der Waals surface area contributed by atoms with E-state index in [1.165, 1.54) is 0 Å². The average molecular weight is 445 g/mol. The van der Waals surface area contributed by atoms with Gasteiger partial charge in [0.05, 0.1) is 42.1 Å². The number of aryl methyl sites for hydroxylation is 2. The molecule has 0 saturated heterocycles. The van der Waals surface area contributed by atoms with Gasteiger partial charge in [0.15, 0.2) is 0 Å². The second-order valence-corrected chi connectivity index (χ2v) is 8.81. The third-order valence-electron chi connectivity index (χ3n) is 5.76. The van der Waals surface area contributed by atoms with Gasteiger partial charge in [0.25, 0.3) is 0 Å². The maximum Gasteiger partial charge on any atom is 0.311 e. The van der Waals surface area contributed by atoms with Crippen LogP contribution in [0.4, 0.5) is 0 Å². The van der Waals surface area contributed by atoms with Gasteiger partial charge in [-0.3, -0.25) is 14.3 Å². The van der Waals surface area contributed by atoms with Gasteiger partial charge >= 0.3 is 11.9 Å². The van der Waals surface area contributed by atoms with Crippen molar-refractivity contribution in [1.29, 1.82) is 0 Å². The molecule has 0 unspecified atom stereocenters. The average Bonchev–Trinajstić information content (AvgIpc) is 3.09. The van der Waals surface area contributed by atoms with Crippen molar-refractivity contribution < 1.29 is 24.2 Å². The number of hydrogen-bond acceptors (Lipinski definition) is 7. The number of esters is 1. The minimum Gasteiger partial charge on any atom is -0.489 e. The number of carbonyl (C=O) groups is 2. The number of carbonyl (C=O) groups excluding carboxylic acids is 1. The van der Waals surface area contributed by atoms with Crippen molar-refractivity contribution in [3.63, 3.8) is 0 Å². The third-order valence-corrected chi connectivity index (χ3v) is 5.76. The summed E-state index contributed by atoms with van der Waals surface area (Å²) < 4.78 is 13.0. The Balaban J connectivity index is 1.70. The van der Waals surface area contributed by atoms with Crippen molar-refractivity contribution in [2.24, 2.45) is 18.9 Å². The number of hydrogen-bond donors (Lipinski definition) is 1. The number of pyridine rings is 1. The van der Waals surface area contributed by atoms with E-state index < -0.39 is 5.97 Å². The van der Waals surface area contributed by atoms with Gasteiger partial charge < -0.3 is 14.6 Å². The van der Waals surface area contributed by atoms with Crippen LogP contribution in [0.1, 0.15) is 57.3 Å². The van der Waals surface area contributed by atoms with Crippen molar-refractivity contribution in [2.45, 2.75) is 65.4 Å². The van der Waals surface area contributed by atoms with E-state index in [2.05, 4.69) is 29.1 Å². The van der Waals surface area contributed by atoms with E-state index in [0.29, 0.717) is 53.9 Å². The molecule has 32 heavy (non-hydrogen) atoms. The Labute approximate surface area is 188 Å². The van der Waals surface area contributed by atoms with Crippen LogP contribution in [0, 0.1) is 18.8 Å². The fourth-order valence-corrected chi connectivity index (χ4v) is 3.83. The molecule has 2 heterocycles. The number of aromatic nitrogens is 4. The lowest BCUT2D eigenvalue weighted by Crippen LogP contribution is -2.29. The molecule has 0 radical (unpaired) electrons. The standard InChI is InChI=1S/C23H32N4O5/c1-14(2)10-11-31-21(28)13-19-22(25-26-27(19)4)18-8-9-20(15(3)24-18)32-17-7-5-6-16(12-17)23(29)30/h8-9,14,16-17H,5-7,10-13H2,1-4H3,(H,29,30)/t16-,17-/m0/s1. The summed E-state index contributed by atoms with van der Waals surface area (Å²) >= 11 is 0. The van der Waals surface area contributed by atoms with Crippen LogP contribution in [0.2, 0.25) is 0 Å². The SMILES string of the molecule is Cc1nc(-c2nnn(C)c2CC(=O)OCCC(C)C)ccc1O[C@H]1CCC[C@H](C(=O)O)C1. The molecule has 1 aliphatic rings. The lowest BCUT2D eigenvalue weighted by molar-refractivity contribution is -0.144. The number of rotatable bonds is 9. The summed E-state index contributed by atoms with van der Waals surface area (Å²) in [5.74, 6) is -0.346. The molecule has 2 aromatic rings. The smallest absolute Gasteiger partial charge is 0.311 e. The van der Waals surface area contributed by atoms with Gasteiger partial charge in [-0.15, -0.1) is 5.10 Å². The minimum atomic E-state index is -0.763. The van der Waals surface area contributed by atoms with Crippen molar-refractivity contribution in [2.75, 3.05) is 6.61 Å². The van der Waals surface area contributed by atoms with Crippen LogP contribution in [-0.2, 0) is 27.8 Å². The zero-order valence-corrected chi connectivity index (χ0v) is 19.2. The van der Waals surface area contributed by atoms with Gasteiger partial charge in [-0.1, -0.05) is 19.1 Å². The molecule has 9 heteroatoms. The maximum atomic E-state index is 12.3. The number of carboxylic acids is 1. The molecule has 0 aromatic carbocycles. The van der Waals surface area contributed by atoms with E-state index in [-0.39, 0.29) is 24.4 Å². The molecule has 0 amide bonds. The topological polar surface area (TPSA) is 116 Å². The van der Waals surface area contributed by atoms with E-state index in [9.17, 15) is 14.7 Å². The molecule has 1 aliphatic carbocycles. The lowest BCUT2D eigenvalue weighted by Gasteiger charge is -2.27. The van der Waals surface area contributed by atoms with Crippen LogP contribution >= 0.6 is 0 Å². The summed E-state index contributed by atoms with van der Waals surface area (Å²) in [4.78, 5) is 28.2. The molecule has 0 spiro atoms. The second-order valence-electron chi connectivity index (χ2n) is 8.81. The van der Waals surface area contributed by atoms with Gasteiger partial charge in [-0.2, -0.15) is 0 Å². The summed E-state index contributed by atoms with van der Waals surface area (Å²) in [6.45, 7) is 6.39. The molecule has 3 rings (SSSR count). The van der Waals surface area contributed by atoms with Crippen LogP contribution in [0.15, 0.2) is 12.1 Å². The van der Waals surface area contributed by atoms with Gasteiger partial charge in [-0.05, 0) is 57.1 Å². The molecule has 0 bridgehead atoms. The molecule has 1 N–H and O–H groups in total. The molecule has 174 valence electrons. The molecular weight excluding hydrogens is 412 g/mol. The highest BCUT2D eigenvalue weighted by Gasteiger charge is 2.28.